The van der Waals surface area contributed by atoms with E-state index in [0.29, 0.717) is 6.04 Å². The van der Waals surface area contributed by atoms with Gasteiger partial charge in [-0.05, 0) is 38.0 Å². The van der Waals surface area contributed by atoms with Crippen molar-refractivity contribution in [3.8, 4) is 5.75 Å². The number of thioether (sulfide) groups is 1. The SMILES string of the molecule is CCNC(CCSC)c1cc(C)ccc1OC. The van der Waals surface area contributed by atoms with E-state index in [-0.39, 0.29) is 0 Å². The van der Waals surface area contributed by atoms with Crippen molar-refractivity contribution in [1.82, 2.24) is 5.32 Å². The van der Waals surface area contributed by atoms with Crippen LogP contribution < -0.4 is 10.1 Å². The van der Waals surface area contributed by atoms with Crippen molar-refractivity contribution in [3.63, 3.8) is 0 Å². The van der Waals surface area contributed by atoms with Gasteiger partial charge in [-0.3, -0.25) is 0 Å². The Balaban J connectivity index is 2.93. The zero-order valence-electron chi connectivity index (χ0n) is 11.2. The van der Waals surface area contributed by atoms with Crippen LogP contribution in [0.15, 0.2) is 18.2 Å². The molecule has 0 aromatic heterocycles. The number of benzene rings is 1. The maximum Gasteiger partial charge on any atom is 0.123 e. The van der Waals surface area contributed by atoms with E-state index < -0.39 is 0 Å². The van der Waals surface area contributed by atoms with E-state index in [0.717, 1.165) is 24.5 Å². The summed E-state index contributed by atoms with van der Waals surface area (Å²) < 4.78 is 5.46. The van der Waals surface area contributed by atoms with Gasteiger partial charge in [-0.1, -0.05) is 24.6 Å². The molecule has 0 aliphatic heterocycles. The Morgan fingerprint density at radius 2 is 2.18 bits per heavy atom. The van der Waals surface area contributed by atoms with Gasteiger partial charge in [-0.2, -0.15) is 11.8 Å². The molecule has 1 aromatic rings. The first-order valence-electron chi connectivity index (χ1n) is 6.09. The van der Waals surface area contributed by atoms with Gasteiger partial charge >= 0.3 is 0 Å². The van der Waals surface area contributed by atoms with Gasteiger partial charge < -0.3 is 10.1 Å². The third kappa shape index (κ3) is 4.25. The number of nitrogens with one attached hydrogen (secondary N) is 1. The highest BCUT2D eigenvalue weighted by molar-refractivity contribution is 7.98. The van der Waals surface area contributed by atoms with Crippen molar-refractivity contribution >= 4 is 11.8 Å². The molecule has 0 spiro atoms. The summed E-state index contributed by atoms with van der Waals surface area (Å²) in [5.41, 5.74) is 2.57. The Kier molecular flexibility index (Phi) is 6.45. The molecule has 1 unspecified atom stereocenters. The predicted octanol–water partition coefficient (Wildman–Crippen LogP) is 3.41. The molecule has 17 heavy (non-hydrogen) atoms. The van der Waals surface area contributed by atoms with Crippen molar-refractivity contribution < 1.29 is 4.74 Å². The monoisotopic (exact) mass is 253 g/mol. The van der Waals surface area contributed by atoms with Crippen LogP contribution in [0.1, 0.15) is 30.5 Å². The second-order valence-corrected chi connectivity index (χ2v) is 5.12. The van der Waals surface area contributed by atoms with Crippen molar-refractivity contribution in [2.45, 2.75) is 26.3 Å². The summed E-state index contributed by atoms with van der Waals surface area (Å²) in [6.45, 7) is 5.25. The molecule has 1 N–H and O–H groups in total. The minimum Gasteiger partial charge on any atom is -0.496 e. The van der Waals surface area contributed by atoms with Gasteiger partial charge in [0.1, 0.15) is 5.75 Å². The van der Waals surface area contributed by atoms with E-state index in [1.165, 1.54) is 11.1 Å². The normalized spacial score (nSPS) is 12.5. The van der Waals surface area contributed by atoms with Gasteiger partial charge in [0.25, 0.3) is 0 Å². The Hall–Kier alpha value is -0.670. The fraction of sp³-hybridized carbons (Fsp3) is 0.571. The van der Waals surface area contributed by atoms with Gasteiger partial charge in [0.05, 0.1) is 7.11 Å². The molecule has 0 amide bonds. The minimum atomic E-state index is 0.391. The van der Waals surface area contributed by atoms with Crippen molar-refractivity contribution in [2.24, 2.45) is 0 Å². The average Bonchev–Trinajstić information content (AvgIpc) is 2.34. The van der Waals surface area contributed by atoms with E-state index >= 15 is 0 Å². The summed E-state index contributed by atoms with van der Waals surface area (Å²) in [5, 5.41) is 3.54. The van der Waals surface area contributed by atoms with Crippen LogP contribution in [0.25, 0.3) is 0 Å². The number of ether oxygens (including phenoxy) is 1. The van der Waals surface area contributed by atoms with E-state index in [1.807, 2.05) is 11.8 Å². The van der Waals surface area contributed by atoms with Gasteiger partial charge in [-0.15, -0.1) is 0 Å². The van der Waals surface area contributed by atoms with Crippen LogP contribution >= 0.6 is 11.8 Å². The van der Waals surface area contributed by atoms with E-state index in [4.69, 9.17) is 4.74 Å². The van der Waals surface area contributed by atoms with Gasteiger partial charge in [-0.25, -0.2) is 0 Å². The lowest BCUT2D eigenvalue weighted by Gasteiger charge is -2.21. The second-order valence-electron chi connectivity index (χ2n) is 4.14. The number of hydrogen-bond acceptors (Lipinski definition) is 3. The van der Waals surface area contributed by atoms with Crippen LogP contribution in [0.4, 0.5) is 0 Å². The van der Waals surface area contributed by atoms with Crippen molar-refractivity contribution in [3.05, 3.63) is 29.3 Å². The molecule has 0 aliphatic carbocycles. The Bertz CT molecular complexity index is 341. The molecule has 96 valence electrons. The zero-order valence-corrected chi connectivity index (χ0v) is 12.1. The maximum absolute atomic E-state index is 5.46. The lowest BCUT2D eigenvalue weighted by Crippen LogP contribution is -2.22. The van der Waals surface area contributed by atoms with E-state index in [1.54, 1.807) is 7.11 Å². The molecule has 3 heteroatoms. The maximum atomic E-state index is 5.46. The Labute approximate surface area is 109 Å². The van der Waals surface area contributed by atoms with Crippen LogP contribution in [-0.4, -0.2) is 25.7 Å². The molecular formula is C14H23NOS. The number of aryl methyl sites for hydroxylation is 1. The highest BCUT2D eigenvalue weighted by Crippen LogP contribution is 2.29. The van der Waals surface area contributed by atoms with Gasteiger partial charge in [0.2, 0.25) is 0 Å². The fourth-order valence-corrected chi connectivity index (χ4v) is 2.45. The van der Waals surface area contributed by atoms with Crippen molar-refractivity contribution in [2.75, 3.05) is 25.7 Å². The molecule has 0 aliphatic rings. The van der Waals surface area contributed by atoms with Crippen LogP contribution in [0.5, 0.6) is 5.75 Å². The summed E-state index contributed by atoms with van der Waals surface area (Å²) in [4.78, 5) is 0. The van der Waals surface area contributed by atoms with Crippen LogP contribution in [-0.2, 0) is 0 Å². The summed E-state index contributed by atoms with van der Waals surface area (Å²) in [6.07, 6.45) is 3.28. The standard InChI is InChI=1S/C14H23NOS/c1-5-15-13(8-9-17-4)12-10-11(2)6-7-14(12)16-3/h6-7,10,13,15H,5,8-9H2,1-4H3. The number of methoxy groups -OCH3 is 1. The summed E-state index contributed by atoms with van der Waals surface area (Å²) in [6, 6.07) is 6.78. The molecule has 1 rings (SSSR count). The minimum absolute atomic E-state index is 0.391. The first kappa shape index (κ1) is 14.4. The molecule has 1 aromatic carbocycles. The molecule has 0 radical (unpaired) electrons. The van der Waals surface area contributed by atoms with Crippen LogP contribution in [0, 0.1) is 6.92 Å². The lowest BCUT2D eigenvalue weighted by atomic mass is 10.0. The van der Waals surface area contributed by atoms with Crippen LogP contribution in [0.3, 0.4) is 0 Å². The summed E-state index contributed by atoms with van der Waals surface area (Å²) >= 11 is 1.89. The number of rotatable bonds is 7. The average molecular weight is 253 g/mol. The molecule has 0 saturated heterocycles. The smallest absolute Gasteiger partial charge is 0.123 e. The highest BCUT2D eigenvalue weighted by Gasteiger charge is 2.14. The molecule has 1 atom stereocenters. The molecule has 2 nitrogen and oxygen atoms in total. The second kappa shape index (κ2) is 7.62. The topological polar surface area (TPSA) is 21.3 Å². The number of hydrogen-bond donors (Lipinski definition) is 1. The van der Waals surface area contributed by atoms with E-state index in [9.17, 15) is 0 Å². The molecule has 0 saturated carbocycles. The van der Waals surface area contributed by atoms with Crippen LogP contribution in [0.2, 0.25) is 0 Å². The third-order valence-corrected chi connectivity index (χ3v) is 3.47. The summed E-state index contributed by atoms with van der Waals surface area (Å²) in [7, 11) is 1.74. The summed E-state index contributed by atoms with van der Waals surface area (Å²) in [5.74, 6) is 2.15. The highest BCUT2D eigenvalue weighted by atomic mass is 32.2. The van der Waals surface area contributed by atoms with Crippen molar-refractivity contribution in [1.29, 1.82) is 0 Å². The first-order valence-corrected chi connectivity index (χ1v) is 7.49. The largest absolute Gasteiger partial charge is 0.496 e. The first-order chi connectivity index (χ1) is 8.22. The predicted molar refractivity (Wildman–Crippen MR) is 77.1 cm³/mol. The van der Waals surface area contributed by atoms with Gasteiger partial charge in [0, 0.05) is 11.6 Å². The fourth-order valence-electron chi connectivity index (χ4n) is 1.98. The van der Waals surface area contributed by atoms with Gasteiger partial charge in [0.15, 0.2) is 0 Å². The Morgan fingerprint density at radius 3 is 2.76 bits per heavy atom. The zero-order chi connectivity index (χ0) is 12.7. The molecule has 0 bridgehead atoms. The molecular weight excluding hydrogens is 230 g/mol. The lowest BCUT2D eigenvalue weighted by molar-refractivity contribution is 0.398. The quantitative estimate of drug-likeness (QED) is 0.804. The Morgan fingerprint density at radius 1 is 1.41 bits per heavy atom. The third-order valence-electron chi connectivity index (χ3n) is 2.82. The molecule has 0 heterocycles. The van der Waals surface area contributed by atoms with E-state index in [2.05, 4.69) is 43.6 Å². The molecule has 0 fully saturated rings.